The number of alkyl carbamates (subject to hydrolysis) is 1. The number of hydrogen-bond acceptors (Lipinski definition) is 4. The van der Waals surface area contributed by atoms with Gasteiger partial charge in [0.25, 0.3) is 0 Å². The molecule has 0 aromatic heterocycles. The number of esters is 1. The van der Waals surface area contributed by atoms with Gasteiger partial charge in [0.2, 0.25) is 0 Å². The Hall–Kier alpha value is -2.04. The molecule has 25 heavy (non-hydrogen) atoms. The Kier molecular flexibility index (Phi) is 6.85. The van der Waals surface area contributed by atoms with Crippen LogP contribution in [0.15, 0.2) is 30.3 Å². The molecule has 1 amide bonds. The largest absolute Gasteiger partial charge is 0.461 e. The van der Waals surface area contributed by atoms with E-state index in [0.717, 1.165) is 31.2 Å². The molecule has 2 atom stereocenters. The van der Waals surface area contributed by atoms with Crippen molar-refractivity contribution in [1.82, 2.24) is 5.32 Å². The fourth-order valence-corrected chi connectivity index (χ4v) is 3.11. The van der Waals surface area contributed by atoms with Gasteiger partial charge in [-0.25, -0.2) is 4.79 Å². The molecule has 1 aliphatic rings. The van der Waals surface area contributed by atoms with Gasteiger partial charge >= 0.3 is 12.1 Å². The number of benzene rings is 1. The first-order valence-electron chi connectivity index (χ1n) is 9.01. The first-order valence-corrected chi connectivity index (χ1v) is 9.01. The van der Waals surface area contributed by atoms with Crippen LogP contribution in [0.3, 0.4) is 0 Å². The highest BCUT2D eigenvalue weighted by Crippen LogP contribution is 2.27. The third kappa shape index (κ3) is 7.59. The third-order valence-corrected chi connectivity index (χ3v) is 4.20. The van der Waals surface area contributed by atoms with Crippen molar-refractivity contribution in [2.45, 2.75) is 71.1 Å². The molecule has 0 bridgehead atoms. The molecule has 1 aliphatic carbocycles. The quantitative estimate of drug-likeness (QED) is 0.811. The monoisotopic (exact) mass is 347 g/mol. The lowest BCUT2D eigenvalue weighted by Gasteiger charge is -2.30. The fourth-order valence-electron chi connectivity index (χ4n) is 3.11. The first-order chi connectivity index (χ1) is 11.8. The van der Waals surface area contributed by atoms with E-state index in [-0.39, 0.29) is 24.0 Å². The van der Waals surface area contributed by atoms with Crippen LogP contribution in [0.4, 0.5) is 4.79 Å². The van der Waals surface area contributed by atoms with E-state index < -0.39 is 5.60 Å². The van der Waals surface area contributed by atoms with Crippen molar-refractivity contribution >= 4 is 12.1 Å². The number of carbonyl (C=O) groups is 2. The minimum atomic E-state index is -0.501. The van der Waals surface area contributed by atoms with Crippen LogP contribution < -0.4 is 5.32 Å². The molecule has 138 valence electrons. The molecule has 1 N–H and O–H groups in total. The summed E-state index contributed by atoms with van der Waals surface area (Å²) < 4.78 is 10.7. The summed E-state index contributed by atoms with van der Waals surface area (Å²) in [5.41, 5.74) is 0.489. The van der Waals surface area contributed by atoms with Crippen LogP contribution in [0.1, 0.15) is 58.4 Å². The number of carbonyl (C=O) groups excluding carboxylic acids is 2. The van der Waals surface area contributed by atoms with E-state index in [4.69, 9.17) is 9.47 Å². The van der Waals surface area contributed by atoms with Gasteiger partial charge in [0.15, 0.2) is 0 Å². The van der Waals surface area contributed by atoms with Gasteiger partial charge in [-0.3, -0.25) is 4.79 Å². The molecular formula is C20H29NO4. The van der Waals surface area contributed by atoms with Crippen LogP contribution in [0.25, 0.3) is 0 Å². The van der Waals surface area contributed by atoms with Crippen molar-refractivity contribution in [3.63, 3.8) is 0 Å². The normalized spacial score (nSPS) is 20.6. The zero-order valence-corrected chi connectivity index (χ0v) is 15.4. The maximum Gasteiger partial charge on any atom is 0.407 e. The van der Waals surface area contributed by atoms with Gasteiger partial charge in [0.1, 0.15) is 12.2 Å². The van der Waals surface area contributed by atoms with Gasteiger partial charge < -0.3 is 14.8 Å². The Bertz CT molecular complexity index is 565. The summed E-state index contributed by atoms with van der Waals surface area (Å²) >= 11 is 0. The van der Waals surface area contributed by atoms with Crippen LogP contribution in [-0.2, 0) is 20.9 Å². The molecule has 5 heteroatoms. The lowest BCUT2D eigenvalue weighted by Crippen LogP contribution is -2.41. The summed E-state index contributed by atoms with van der Waals surface area (Å²) in [6.07, 6.45) is 3.72. The average molecular weight is 347 g/mol. The molecule has 5 nitrogen and oxygen atoms in total. The van der Waals surface area contributed by atoms with E-state index in [1.54, 1.807) is 0 Å². The number of nitrogens with one attached hydrogen (secondary N) is 1. The van der Waals surface area contributed by atoms with E-state index in [1.165, 1.54) is 0 Å². The Balaban J connectivity index is 1.73. The molecular weight excluding hydrogens is 318 g/mol. The van der Waals surface area contributed by atoms with Crippen LogP contribution in [0.5, 0.6) is 0 Å². The van der Waals surface area contributed by atoms with Crippen molar-refractivity contribution < 1.29 is 19.1 Å². The average Bonchev–Trinajstić information content (AvgIpc) is 2.52. The molecule has 0 heterocycles. The summed E-state index contributed by atoms with van der Waals surface area (Å²) in [5, 5.41) is 2.92. The molecule has 1 aromatic rings. The topological polar surface area (TPSA) is 64.6 Å². The lowest BCUT2D eigenvalue weighted by molar-refractivity contribution is -0.146. The molecule has 2 rings (SSSR count). The molecule has 0 unspecified atom stereocenters. The summed E-state index contributed by atoms with van der Waals surface area (Å²) in [6, 6.07) is 9.73. The summed E-state index contributed by atoms with van der Waals surface area (Å²) in [5.74, 6) is 0.0729. The minimum Gasteiger partial charge on any atom is -0.461 e. The maximum absolute atomic E-state index is 12.1. The highest BCUT2D eigenvalue weighted by atomic mass is 16.6. The van der Waals surface area contributed by atoms with Crippen molar-refractivity contribution in [2.24, 2.45) is 5.92 Å². The predicted molar refractivity (Wildman–Crippen MR) is 96.0 cm³/mol. The van der Waals surface area contributed by atoms with E-state index in [9.17, 15) is 9.59 Å². The predicted octanol–water partition coefficient (Wildman–Crippen LogP) is 4.20. The standard InChI is InChI=1S/C20H29NO4/c1-20(2,3)25-19(23)21-17-11-7-10-16(12-17)13-18(22)24-14-15-8-5-4-6-9-15/h4-6,8-9,16-17H,7,10-14H2,1-3H3,(H,21,23)/t16-,17+/m0/s1. The van der Waals surface area contributed by atoms with Crippen LogP contribution in [0.2, 0.25) is 0 Å². The van der Waals surface area contributed by atoms with Crippen molar-refractivity contribution in [3.8, 4) is 0 Å². The molecule has 1 saturated carbocycles. The zero-order chi connectivity index (χ0) is 18.3. The molecule has 1 fully saturated rings. The second-order valence-corrected chi connectivity index (χ2v) is 7.73. The Labute approximate surface area is 150 Å². The van der Waals surface area contributed by atoms with Crippen LogP contribution in [0, 0.1) is 5.92 Å². The van der Waals surface area contributed by atoms with E-state index >= 15 is 0 Å². The summed E-state index contributed by atoms with van der Waals surface area (Å²) in [7, 11) is 0. The number of rotatable bonds is 5. The highest BCUT2D eigenvalue weighted by Gasteiger charge is 2.27. The summed E-state index contributed by atoms with van der Waals surface area (Å²) in [6.45, 7) is 5.85. The zero-order valence-electron chi connectivity index (χ0n) is 15.4. The number of hydrogen-bond donors (Lipinski definition) is 1. The highest BCUT2D eigenvalue weighted by molar-refractivity contribution is 5.70. The Morgan fingerprint density at radius 2 is 1.88 bits per heavy atom. The van der Waals surface area contributed by atoms with Crippen LogP contribution in [-0.4, -0.2) is 23.7 Å². The van der Waals surface area contributed by atoms with Gasteiger partial charge in [-0.2, -0.15) is 0 Å². The summed E-state index contributed by atoms with van der Waals surface area (Å²) in [4.78, 5) is 24.0. The third-order valence-electron chi connectivity index (χ3n) is 4.20. The van der Waals surface area contributed by atoms with Crippen molar-refractivity contribution in [2.75, 3.05) is 0 Å². The van der Waals surface area contributed by atoms with E-state index in [0.29, 0.717) is 13.0 Å². The van der Waals surface area contributed by atoms with Gasteiger partial charge in [-0.15, -0.1) is 0 Å². The number of amides is 1. The van der Waals surface area contributed by atoms with Gasteiger partial charge in [-0.1, -0.05) is 36.8 Å². The van der Waals surface area contributed by atoms with Gasteiger partial charge in [-0.05, 0) is 51.5 Å². The van der Waals surface area contributed by atoms with Crippen LogP contribution >= 0.6 is 0 Å². The van der Waals surface area contributed by atoms with Gasteiger partial charge in [0, 0.05) is 12.5 Å². The van der Waals surface area contributed by atoms with E-state index in [2.05, 4.69) is 5.32 Å². The molecule has 1 aromatic carbocycles. The molecule has 0 radical (unpaired) electrons. The molecule has 0 spiro atoms. The minimum absolute atomic E-state index is 0.0653. The maximum atomic E-state index is 12.1. The number of ether oxygens (including phenoxy) is 2. The second-order valence-electron chi connectivity index (χ2n) is 7.73. The molecule has 0 saturated heterocycles. The smallest absolute Gasteiger partial charge is 0.407 e. The fraction of sp³-hybridized carbons (Fsp3) is 0.600. The van der Waals surface area contributed by atoms with Gasteiger partial charge in [0.05, 0.1) is 0 Å². The van der Waals surface area contributed by atoms with E-state index in [1.807, 2.05) is 51.1 Å². The lowest BCUT2D eigenvalue weighted by atomic mass is 9.84. The second kappa shape index (κ2) is 8.88. The van der Waals surface area contributed by atoms with Crippen molar-refractivity contribution in [3.05, 3.63) is 35.9 Å². The molecule has 0 aliphatic heterocycles. The SMILES string of the molecule is CC(C)(C)OC(=O)N[C@@H]1CCC[C@H](CC(=O)OCc2ccccc2)C1. The first kappa shape index (κ1) is 19.3. The Morgan fingerprint density at radius 3 is 2.56 bits per heavy atom. The van der Waals surface area contributed by atoms with Crippen molar-refractivity contribution in [1.29, 1.82) is 0 Å². The Morgan fingerprint density at radius 1 is 1.16 bits per heavy atom.